The Hall–Kier alpha value is -1.22. The second-order valence-corrected chi connectivity index (χ2v) is 3.80. The first-order valence-electron chi connectivity index (χ1n) is 4.29. The van der Waals surface area contributed by atoms with E-state index in [9.17, 15) is 0 Å². The van der Waals surface area contributed by atoms with Gasteiger partial charge in [-0.3, -0.25) is 0 Å². The zero-order valence-electron chi connectivity index (χ0n) is 7.46. The van der Waals surface area contributed by atoms with Crippen molar-refractivity contribution in [1.29, 1.82) is 0 Å². The average molecular weight is 251 g/mol. The number of benzene rings is 1. The zero-order chi connectivity index (χ0) is 9.80. The molecule has 0 bridgehead atoms. The van der Waals surface area contributed by atoms with Gasteiger partial charge in [-0.05, 0) is 36.4 Å². The van der Waals surface area contributed by atoms with Gasteiger partial charge in [0.15, 0.2) is 6.26 Å². The van der Waals surface area contributed by atoms with Crippen LogP contribution in [0.15, 0.2) is 45.3 Å². The van der Waals surface area contributed by atoms with E-state index in [0.29, 0.717) is 6.54 Å². The Bertz CT molecular complexity index is 380. The van der Waals surface area contributed by atoms with Crippen LogP contribution >= 0.6 is 15.9 Å². The van der Waals surface area contributed by atoms with E-state index in [1.54, 1.807) is 6.07 Å². The molecule has 2 nitrogen and oxygen atoms in total. The van der Waals surface area contributed by atoms with Crippen LogP contribution in [-0.4, -0.2) is 0 Å². The maximum atomic E-state index is 5.08. The summed E-state index contributed by atoms with van der Waals surface area (Å²) in [6.45, 7) is 0.686. The molecule has 0 spiro atoms. The van der Waals surface area contributed by atoms with Crippen molar-refractivity contribution in [2.24, 2.45) is 0 Å². The van der Waals surface area contributed by atoms with Gasteiger partial charge in [0.2, 0.25) is 0 Å². The molecule has 1 heterocycles. The van der Waals surface area contributed by atoms with Gasteiger partial charge in [-0.1, -0.05) is 15.9 Å². The minimum Gasteiger partial charge on any atom is -0.456 e. The highest BCUT2D eigenvalue weighted by atomic mass is 79.9. The van der Waals surface area contributed by atoms with Gasteiger partial charge in [0.05, 0.1) is 6.54 Å². The summed E-state index contributed by atoms with van der Waals surface area (Å²) in [4.78, 5) is 0. The molecule has 1 radical (unpaired) electrons. The van der Waals surface area contributed by atoms with E-state index in [-0.39, 0.29) is 0 Å². The van der Waals surface area contributed by atoms with E-state index in [2.05, 4.69) is 27.5 Å². The van der Waals surface area contributed by atoms with E-state index in [0.717, 1.165) is 15.9 Å². The Morgan fingerprint density at radius 1 is 1.21 bits per heavy atom. The van der Waals surface area contributed by atoms with Crippen LogP contribution in [0.1, 0.15) is 5.76 Å². The van der Waals surface area contributed by atoms with Crippen molar-refractivity contribution in [1.82, 2.24) is 0 Å². The smallest absolute Gasteiger partial charge is 0.169 e. The highest BCUT2D eigenvalue weighted by Crippen LogP contribution is 2.14. The quantitative estimate of drug-likeness (QED) is 0.903. The van der Waals surface area contributed by atoms with Crippen LogP contribution in [0.4, 0.5) is 5.69 Å². The molecule has 1 N–H and O–H groups in total. The lowest BCUT2D eigenvalue weighted by atomic mass is 10.3. The lowest BCUT2D eigenvalue weighted by Gasteiger charge is -2.03. The standard InChI is InChI=1S/C11H9BrNO/c12-9-3-5-10(6-4-9)13-8-11-2-1-7-14-11/h1-6,13H,8H2. The summed E-state index contributed by atoms with van der Waals surface area (Å²) in [6.07, 6.45) is 2.65. The second kappa shape index (κ2) is 4.33. The molecule has 71 valence electrons. The molecule has 0 fully saturated rings. The Morgan fingerprint density at radius 2 is 2.00 bits per heavy atom. The minimum absolute atomic E-state index is 0.686. The van der Waals surface area contributed by atoms with Gasteiger partial charge in [-0.25, -0.2) is 0 Å². The Balaban J connectivity index is 1.95. The van der Waals surface area contributed by atoms with Crippen LogP contribution in [0.3, 0.4) is 0 Å². The molecule has 0 amide bonds. The van der Waals surface area contributed by atoms with Gasteiger partial charge >= 0.3 is 0 Å². The van der Waals surface area contributed by atoms with Crippen molar-refractivity contribution in [3.8, 4) is 0 Å². The fraction of sp³-hybridized carbons (Fsp3) is 0.0909. The molecule has 14 heavy (non-hydrogen) atoms. The lowest BCUT2D eigenvalue weighted by Crippen LogP contribution is -1.97. The SMILES string of the molecule is Brc1ccc(NCc2cc[c]o2)cc1. The predicted octanol–water partition coefficient (Wildman–Crippen LogP) is 3.45. The third-order valence-electron chi connectivity index (χ3n) is 1.84. The number of furan rings is 1. The van der Waals surface area contributed by atoms with Crippen molar-refractivity contribution in [2.45, 2.75) is 6.54 Å². The molecule has 2 aromatic rings. The molecular weight excluding hydrogens is 242 g/mol. The first-order valence-corrected chi connectivity index (χ1v) is 5.08. The monoisotopic (exact) mass is 250 g/mol. The highest BCUT2D eigenvalue weighted by molar-refractivity contribution is 9.10. The number of anilines is 1. The molecule has 1 aromatic carbocycles. The van der Waals surface area contributed by atoms with Gasteiger partial charge in [0, 0.05) is 10.2 Å². The van der Waals surface area contributed by atoms with Crippen LogP contribution in [0.2, 0.25) is 0 Å². The first kappa shape index (κ1) is 9.34. The fourth-order valence-electron chi connectivity index (χ4n) is 1.12. The van der Waals surface area contributed by atoms with Gasteiger partial charge in [0.25, 0.3) is 0 Å². The summed E-state index contributed by atoms with van der Waals surface area (Å²) in [5.41, 5.74) is 1.07. The summed E-state index contributed by atoms with van der Waals surface area (Å²) < 4.78 is 6.16. The fourth-order valence-corrected chi connectivity index (χ4v) is 1.39. The van der Waals surface area contributed by atoms with Crippen LogP contribution in [0.25, 0.3) is 0 Å². The Labute approximate surface area is 91.1 Å². The molecule has 0 aliphatic carbocycles. The van der Waals surface area contributed by atoms with Crippen molar-refractivity contribution < 1.29 is 4.42 Å². The van der Waals surface area contributed by atoms with Gasteiger partial charge in [0.1, 0.15) is 5.76 Å². The molecular formula is C11H9BrNO. The molecule has 1 aromatic heterocycles. The largest absolute Gasteiger partial charge is 0.456 e. The number of halogens is 1. The predicted molar refractivity (Wildman–Crippen MR) is 59.0 cm³/mol. The molecule has 0 unspecified atom stereocenters. The normalized spacial score (nSPS) is 10.1. The van der Waals surface area contributed by atoms with Crippen molar-refractivity contribution in [2.75, 3.05) is 5.32 Å². The number of hydrogen-bond donors (Lipinski definition) is 1. The maximum Gasteiger partial charge on any atom is 0.169 e. The van der Waals surface area contributed by atoms with Crippen LogP contribution < -0.4 is 5.32 Å². The molecule has 0 saturated heterocycles. The number of hydrogen-bond acceptors (Lipinski definition) is 2. The summed E-state index contributed by atoms with van der Waals surface area (Å²) in [5.74, 6) is 0.882. The summed E-state index contributed by atoms with van der Waals surface area (Å²) in [5, 5.41) is 3.24. The van der Waals surface area contributed by atoms with Gasteiger partial charge in [-0.2, -0.15) is 0 Å². The molecule has 0 atom stereocenters. The van der Waals surface area contributed by atoms with Crippen molar-refractivity contribution >= 4 is 21.6 Å². The Morgan fingerprint density at radius 3 is 2.64 bits per heavy atom. The second-order valence-electron chi connectivity index (χ2n) is 2.88. The van der Waals surface area contributed by atoms with E-state index >= 15 is 0 Å². The highest BCUT2D eigenvalue weighted by Gasteiger charge is 1.95. The molecule has 0 saturated carbocycles. The van der Waals surface area contributed by atoms with Crippen LogP contribution in [0, 0.1) is 6.26 Å². The van der Waals surface area contributed by atoms with E-state index in [1.807, 2.05) is 30.3 Å². The van der Waals surface area contributed by atoms with Gasteiger partial charge < -0.3 is 9.73 Å². The average Bonchev–Trinajstić information content (AvgIpc) is 2.70. The molecule has 3 heteroatoms. The number of rotatable bonds is 3. The molecule has 0 aliphatic heterocycles. The third-order valence-corrected chi connectivity index (χ3v) is 2.37. The molecule has 2 rings (SSSR count). The van der Waals surface area contributed by atoms with E-state index < -0.39 is 0 Å². The van der Waals surface area contributed by atoms with Gasteiger partial charge in [-0.15, -0.1) is 0 Å². The van der Waals surface area contributed by atoms with Crippen molar-refractivity contribution in [3.63, 3.8) is 0 Å². The summed E-state index contributed by atoms with van der Waals surface area (Å²) in [7, 11) is 0. The van der Waals surface area contributed by atoms with E-state index in [1.165, 1.54) is 0 Å². The third kappa shape index (κ3) is 2.39. The first-order chi connectivity index (χ1) is 6.84. The summed E-state index contributed by atoms with van der Waals surface area (Å²) >= 11 is 3.38. The van der Waals surface area contributed by atoms with Crippen LogP contribution in [0.5, 0.6) is 0 Å². The summed E-state index contributed by atoms with van der Waals surface area (Å²) in [6, 6.07) is 11.7. The minimum atomic E-state index is 0.686. The van der Waals surface area contributed by atoms with Crippen LogP contribution in [-0.2, 0) is 6.54 Å². The lowest BCUT2D eigenvalue weighted by molar-refractivity contribution is 0.510. The number of nitrogens with one attached hydrogen (secondary N) is 1. The topological polar surface area (TPSA) is 25.2 Å². The molecule has 0 aliphatic rings. The van der Waals surface area contributed by atoms with E-state index in [4.69, 9.17) is 4.42 Å². The zero-order valence-corrected chi connectivity index (χ0v) is 9.04. The maximum absolute atomic E-state index is 5.08. The van der Waals surface area contributed by atoms with Crippen molar-refractivity contribution in [3.05, 3.63) is 52.9 Å². The Kier molecular flexibility index (Phi) is 2.89.